The van der Waals surface area contributed by atoms with Crippen LogP contribution in [0.1, 0.15) is 40.7 Å². The highest BCUT2D eigenvalue weighted by Gasteiger charge is 2.33. The third-order valence-corrected chi connectivity index (χ3v) is 14.3. The summed E-state index contributed by atoms with van der Waals surface area (Å²) in [6.45, 7) is 2.85. The molecule has 3 heterocycles. The lowest BCUT2D eigenvalue weighted by Crippen LogP contribution is -2.36. The van der Waals surface area contributed by atoms with Crippen molar-refractivity contribution >= 4 is 77.1 Å². The van der Waals surface area contributed by atoms with Crippen LogP contribution in [-0.2, 0) is 42.5 Å². The molecule has 6 rings (SSSR count). The summed E-state index contributed by atoms with van der Waals surface area (Å²) in [5.74, 6) is -2.40. The van der Waals surface area contributed by atoms with Gasteiger partial charge in [0, 0.05) is 24.8 Å². The number of halogens is 7. The molecule has 3 aromatic carbocycles. The van der Waals surface area contributed by atoms with Crippen molar-refractivity contribution in [2.75, 3.05) is 37.7 Å². The molecule has 4 amide bonds. The van der Waals surface area contributed by atoms with Crippen LogP contribution in [0.3, 0.4) is 0 Å². The molecule has 5 N–H and O–H groups in total. The zero-order chi connectivity index (χ0) is 60.0. The van der Waals surface area contributed by atoms with Gasteiger partial charge in [-0.15, -0.1) is 0 Å². The van der Waals surface area contributed by atoms with E-state index in [1.165, 1.54) is 65.5 Å². The quantitative estimate of drug-likeness (QED) is 0.0344. The number of pyridine rings is 1. The number of urea groups is 2. The second-order valence-electron chi connectivity index (χ2n) is 15.0. The number of aromatic nitrogens is 6. The molecule has 37 heteroatoms. The van der Waals surface area contributed by atoms with Crippen LogP contribution in [0.5, 0.6) is 29.3 Å². The third-order valence-electron chi connectivity index (χ3n) is 9.44. The molecule has 0 atom stereocenters. The maximum atomic E-state index is 12.6. The number of nitrogens with zero attached hydrogens (tertiary/aromatic N) is 7. The number of nitro groups is 1. The number of carboxylic acids is 1. The average molecular weight is 1210 g/mol. The summed E-state index contributed by atoms with van der Waals surface area (Å²) in [5, 5.41) is 22.8. The fourth-order valence-electron chi connectivity index (χ4n) is 5.89. The number of sulfone groups is 1. The van der Waals surface area contributed by atoms with Gasteiger partial charge in [-0.3, -0.25) is 20.7 Å². The van der Waals surface area contributed by atoms with E-state index in [2.05, 4.69) is 40.5 Å². The lowest BCUT2D eigenvalue weighted by atomic mass is 10.1. The van der Waals surface area contributed by atoms with Gasteiger partial charge >= 0.3 is 36.4 Å². The first-order chi connectivity index (χ1) is 37.2. The standard InChI is InChI=1S/C15H16F3N5O4S.C14H7ClF3NO5.C14H17N5O7S2/c1-9-19-12(22-14(20-9)27-2)21-13(24)23-28(25,26)11-6-4-3-5-10(11)7-8-15(16,17)18;15-10-5-7(14(16,17)18)1-4-12(10)24-8-2-3-11(19(22)23)9(6-8)13(20)21;1-4-27(21,22)9-6-5-7-15-12(9)28(23,24)19-14(20)18-13-16-10(25-2)8-11(17-13)26-3/h3-6H,7-8H2,1-2H3,(H2,19,20,21,22,23,24);1-6H,(H,20,21);5-8H,4H2,1-3H3,(H2,16,17,18,19,20). The van der Waals surface area contributed by atoms with Gasteiger partial charge < -0.3 is 24.1 Å². The van der Waals surface area contributed by atoms with E-state index in [4.69, 9.17) is 35.7 Å². The average Bonchev–Trinajstić information content (AvgIpc) is 3.37. The summed E-state index contributed by atoms with van der Waals surface area (Å²) < 4.78 is 172. The van der Waals surface area contributed by atoms with E-state index in [1.807, 2.05) is 0 Å². The summed E-state index contributed by atoms with van der Waals surface area (Å²) in [6, 6.07) is 11.6. The van der Waals surface area contributed by atoms with E-state index in [0.29, 0.717) is 6.07 Å². The van der Waals surface area contributed by atoms with Gasteiger partial charge in [-0.25, -0.2) is 45.6 Å². The summed E-state index contributed by atoms with van der Waals surface area (Å²) >= 11 is 5.72. The highest BCUT2D eigenvalue weighted by Crippen LogP contribution is 2.37. The van der Waals surface area contributed by atoms with Crippen LogP contribution in [0.4, 0.5) is 53.5 Å². The predicted octanol–water partition coefficient (Wildman–Crippen LogP) is 7.14. The van der Waals surface area contributed by atoms with Crippen molar-refractivity contribution in [3.63, 3.8) is 0 Å². The fourth-order valence-corrected chi connectivity index (χ4v) is 9.84. The molecule has 0 saturated carbocycles. The van der Waals surface area contributed by atoms with Crippen LogP contribution in [-0.4, -0.2) is 116 Å². The molecule has 27 nitrogen and oxygen atoms in total. The minimum Gasteiger partial charge on any atom is -0.481 e. The number of anilines is 2. The number of methoxy groups -OCH3 is 3. The lowest BCUT2D eigenvalue weighted by molar-refractivity contribution is -0.385. The number of aryl methyl sites for hydroxylation is 2. The molecule has 0 radical (unpaired) electrons. The highest BCUT2D eigenvalue weighted by molar-refractivity contribution is 7.93. The highest BCUT2D eigenvalue weighted by atomic mass is 35.5. The van der Waals surface area contributed by atoms with Crippen molar-refractivity contribution in [2.45, 2.75) is 53.9 Å². The molecular formula is C43H40ClF6N11O16S3. The monoisotopic (exact) mass is 1210 g/mol. The molecule has 0 fully saturated rings. The number of hydrogen-bond donors (Lipinski definition) is 5. The van der Waals surface area contributed by atoms with Crippen molar-refractivity contribution in [1.82, 2.24) is 39.3 Å². The van der Waals surface area contributed by atoms with Crippen LogP contribution < -0.4 is 39.0 Å². The van der Waals surface area contributed by atoms with E-state index in [9.17, 15) is 76.1 Å². The second kappa shape index (κ2) is 26.7. The Morgan fingerprint density at radius 2 is 1.32 bits per heavy atom. The SMILES string of the molecule is CCS(=O)(=O)c1cccnc1S(=O)(=O)NC(=O)Nc1nc(OC)cc(OC)n1.COc1nc(C)nc(NC(=O)NS(=O)(=O)c2ccccc2CCC(F)(F)F)n1.O=C(O)c1cc(Oc2ccc(C(F)(F)F)cc2Cl)ccc1[N+](=O)[O-]. The number of nitro benzene ring substituents is 1. The van der Waals surface area contributed by atoms with Crippen molar-refractivity contribution in [2.24, 2.45) is 0 Å². The number of amides is 4. The second-order valence-corrected chi connectivity index (χ2v) is 20.9. The van der Waals surface area contributed by atoms with E-state index >= 15 is 0 Å². The first-order valence-corrected chi connectivity index (χ1v) is 26.5. The number of rotatable bonds is 17. The topological polar surface area (TPSA) is 379 Å². The summed E-state index contributed by atoms with van der Waals surface area (Å²) in [7, 11) is -8.99. The molecule has 430 valence electrons. The maximum Gasteiger partial charge on any atom is 0.416 e. The number of carboxylic acid groups (broad SMARTS) is 1. The number of sulfonamides is 2. The molecule has 0 aliphatic carbocycles. The van der Waals surface area contributed by atoms with Crippen LogP contribution in [0, 0.1) is 17.0 Å². The molecule has 0 bridgehead atoms. The number of ether oxygens (including phenoxy) is 4. The van der Waals surface area contributed by atoms with Crippen LogP contribution in [0.25, 0.3) is 0 Å². The normalized spacial score (nSPS) is 11.5. The molecule has 0 aliphatic heterocycles. The number of carbonyl (C=O) groups excluding carboxylic acids is 2. The number of alkyl halides is 6. The molecule has 0 saturated heterocycles. The maximum absolute atomic E-state index is 12.6. The largest absolute Gasteiger partial charge is 0.481 e. The number of nitrogens with one attached hydrogen (secondary N) is 4. The molecule has 80 heavy (non-hydrogen) atoms. The van der Waals surface area contributed by atoms with E-state index in [-0.39, 0.29) is 63.3 Å². The molecule has 0 unspecified atom stereocenters. The summed E-state index contributed by atoms with van der Waals surface area (Å²) in [5.41, 5.74) is -2.32. The third kappa shape index (κ3) is 18.4. The minimum absolute atomic E-state index is 0.0612. The van der Waals surface area contributed by atoms with Crippen LogP contribution in [0.2, 0.25) is 5.02 Å². The van der Waals surface area contributed by atoms with Crippen molar-refractivity contribution in [3.05, 3.63) is 123 Å². The number of carbonyl (C=O) groups is 3. The van der Waals surface area contributed by atoms with Crippen molar-refractivity contribution < 1.29 is 95.0 Å². The summed E-state index contributed by atoms with van der Waals surface area (Å²) in [4.78, 5) is 66.7. The predicted molar refractivity (Wildman–Crippen MR) is 264 cm³/mol. The smallest absolute Gasteiger partial charge is 0.416 e. The molecule has 0 spiro atoms. The molecule has 6 aromatic rings. The van der Waals surface area contributed by atoms with Crippen molar-refractivity contribution in [1.29, 1.82) is 0 Å². The van der Waals surface area contributed by atoms with Gasteiger partial charge in [0.1, 0.15) is 27.8 Å². The van der Waals surface area contributed by atoms with Gasteiger partial charge in [0.2, 0.25) is 23.7 Å². The Morgan fingerprint density at radius 3 is 1.86 bits per heavy atom. The number of benzene rings is 3. The van der Waals surface area contributed by atoms with Gasteiger partial charge in [-0.1, -0.05) is 36.7 Å². The fraction of sp³-hybridized carbons (Fsp3) is 0.233. The Hall–Kier alpha value is -8.77. The summed E-state index contributed by atoms with van der Waals surface area (Å²) in [6.07, 6.45) is -9.68. The van der Waals surface area contributed by atoms with E-state index in [1.54, 1.807) is 9.44 Å². The minimum atomic E-state index is -4.61. The van der Waals surface area contributed by atoms with Gasteiger partial charge in [-0.05, 0) is 61.4 Å². The molecular weight excluding hydrogens is 1170 g/mol. The van der Waals surface area contributed by atoms with E-state index < -0.39 is 110 Å². The van der Waals surface area contributed by atoms with E-state index in [0.717, 1.165) is 48.7 Å². The van der Waals surface area contributed by atoms with Gasteiger partial charge in [0.15, 0.2) is 14.9 Å². The Kier molecular flexibility index (Phi) is 21.3. The molecule has 3 aromatic heterocycles. The Labute approximate surface area is 453 Å². The zero-order valence-electron chi connectivity index (χ0n) is 41.3. The lowest BCUT2D eigenvalue weighted by Gasteiger charge is -2.13. The Balaban J connectivity index is 0.000000259. The number of hydrogen-bond acceptors (Lipinski definition) is 21. The number of aromatic carboxylic acids is 1. The Morgan fingerprint density at radius 1 is 0.738 bits per heavy atom. The Bertz CT molecular complexity index is 3600. The van der Waals surface area contributed by atoms with Gasteiger partial charge in [0.05, 0.1) is 53.6 Å². The first-order valence-electron chi connectivity index (χ1n) is 21.5. The van der Waals surface area contributed by atoms with Gasteiger partial charge in [-0.2, -0.15) is 59.7 Å². The van der Waals surface area contributed by atoms with Crippen LogP contribution in [0.15, 0.2) is 99.9 Å². The zero-order valence-corrected chi connectivity index (χ0v) is 44.5. The van der Waals surface area contributed by atoms with Crippen LogP contribution >= 0.6 is 11.6 Å². The first kappa shape index (κ1) is 63.8. The molecule has 0 aliphatic rings. The van der Waals surface area contributed by atoms with Gasteiger partial charge in [0.25, 0.3) is 25.7 Å². The van der Waals surface area contributed by atoms with Crippen molar-refractivity contribution in [3.8, 4) is 29.3 Å².